The molecule has 3 aliphatic heterocycles. The summed E-state index contributed by atoms with van der Waals surface area (Å²) in [5.74, 6) is 0. The van der Waals surface area contributed by atoms with E-state index in [4.69, 9.17) is 4.99 Å². The maximum Gasteiger partial charge on any atom is 0.0755 e. The van der Waals surface area contributed by atoms with Gasteiger partial charge in [0.05, 0.1) is 16.6 Å². The molecule has 0 aromatic heterocycles. The molecule has 122 valence electrons. The van der Waals surface area contributed by atoms with E-state index in [9.17, 15) is 0 Å². The van der Waals surface area contributed by atoms with Crippen LogP contribution in [-0.2, 0) is 0 Å². The van der Waals surface area contributed by atoms with E-state index in [1.807, 2.05) is 0 Å². The molecule has 0 amide bonds. The average molecular weight is 317 g/mol. The number of para-hydroxylation sites is 1. The van der Waals surface area contributed by atoms with Gasteiger partial charge >= 0.3 is 0 Å². The average Bonchev–Trinajstić information content (AvgIpc) is 3.02. The van der Waals surface area contributed by atoms with Crippen molar-refractivity contribution >= 4 is 5.57 Å². The van der Waals surface area contributed by atoms with E-state index in [-0.39, 0.29) is 5.54 Å². The van der Waals surface area contributed by atoms with E-state index >= 15 is 0 Å². The zero-order valence-electron chi connectivity index (χ0n) is 14.4. The van der Waals surface area contributed by atoms with Crippen LogP contribution in [-0.4, -0.2) is 42.5 Å². The highest BCUT2D eigenvalue weighted by atomic mass is 15.2. The van der Waals surface area contributed by atoms with Crippen molar-refractivity contribution in [1.82, 2.24) is 9.80 Å². The molecule has 1 aromatic rings. The molecule has 24 heavy (non-hydrogen) atoms. The van der Waals surface area contributed by atoms with Gasteiger partial charge in [0.25, 0.3) is 0 Å². The third-order valence-corrected chi connectivity index (χ3v) is 6.23. The minimum Gasteiger partial charge on any atom is -0.364 e. The maximum absolute atomic E-state index is 5.09. The van der Waals surface area contributed by atoms with Gasteiger partial charge in [-0.2, -0.15) is 0 Å². The zero-order chi connectivity index (χ0) is 16.3. The molecule has 0 radical (unpaired) electrons. The van der Waals surface area contributed by atoms with Gasteiger partial charge in [0.15, 0.2) is 0 Å². The topological polar surface area (TPSA) is 18.8 Å². The predicted octanol–water partition coefficient (Wildman–Crippen LogP) is 1.98. The minimum atomic E-state index is 0.0818. The summed E-state index contributed by atoms with van der Waals surface area (Å²) in [4.78, 5) is 10.1. The van der Waals surface area contributed by atoms with Gasteiger partial charge in [-0.05, 0) is 38.5 Å². The number of piperidine rings is 1. The van der Waals surface area contributed by atoms with Gasteiger partial charge in [-0.15, -0.1) is 0 Å². The lowest BCUT2D eigenvalue weighted by Gasteiger charge is -2.53. The van der Waals surface area contributed by atoms with E-state index in [1.54, 1.807) is 0 Å². The molecule has 0 saturated carbocycles. The smallest absolute Gasteiger partial charge is 0.0755 e. The summed E-state index contributed by atoms with van der Waals surface area (Å²) in [6, 6.07) is 8.69. The fraction of sp³-hybridized carbons (Fsp3) is 0.381. The molecular formula is C21H23N3. The van der Waals surface area contributed by atoms with Crippen molar-refractivity contribution in [2.24, 2.45) is 4.99 Å². The molecule has 5 rings (SSSR count). The van der Waals surface area contributed by atoms with Crippen LogP contribution >= 0.6 is 0 Å². The SMILES string of the molecule is CN1CCC2(CC1)C1=c3ccccc3=NC1=C1CC=CC=C1N2C. The Bertz CT molecular complexity index is 924. The number of hydrogen-bond donors (Lipinski definition) is 0. The number of hydrogen-bond acceptors (Lipinski definition) is 3. The Hall–Kier alpha value is -2.13. The summed E-state index contributed by atoms with van der Waals surface area (Å²) < 4.78 is 0. The number of fused-ring (bicyclic) bond motifs is 4. The summed E-state index contributed by atoms with van der Waals surface area (Å²) >= 11 is 0. The van der Waals surface area contributed by atoms with Crippen molar-refractivity contribution in [3.63, 3.8) is 0 Å². The Labute approximate surface area is 143 Å². The molecular weight excluding hydrogens is 294 g/mol. The van der Waals surface area contributed by atoms with Crippen LogP contribution in [0.3, 0.4) is 0 Å². The number of allylic oxidation sites excluding steroid dienone is 4. The third kappa shape index (κ3) is 1.73. The summed E-state index contributed by atoms with van der Waals surface area (Å²) in [6.45, 7) is 2.28. The summed E-state index contributed by atoms with van der Waals surface area (Å²) in [6.07, 6.45) is 10.0. The molecule has 1 aromatic carbocycles. The molecule has 0 N–H and O–H groups in total. The monoisotopic (exact) mass is 317 g/mol. The standard InChI is InChI=1S/C21H23N3/c1-23-13-11-21(12-14-23)19-15-7-3-5-9-17(15)22-20(19)16-8-4-6-10-18(16)24(21)2/h3-7,9-10H,8,11-14H2,1-2H3. The number of benzene rings is 1. The van der Waals surface area contributed by atoms with Gasteiger partial charge in [0.1, 0.15) is 0 Å². The molecule has 0 atom stereocenters. The molecule has 1 saturated heterocycles. The quantitative estimate of drug-likeness (QED) is 0.729. The van der Waals surface area contributed by atoms with E-state index in [1.165, 1.54) is 27.8 Å². The second-order valence-corrected chi connectivity index (χ2v) is 7.41. The van der Waals surface area contributed by atoms with Gasteiger partial charge in [0.2, 0.25) is 0 Å². The molecule has 4 aliphatic rings. The molecule has 0 unspecified atom stereocenters. The van der Waals surface area contributed by atoms with Crippen LogP contribution < -0.4 is 10.6 Å². The Morgan fingerprint density at radius 2 is 1.88 bits per heavy atom. The van der Waals surface area contributed by atoms with Gasteiger partial charge in [0, 0.05) is 42.2 Å². The number of nitrogens with zero attached hydrogens (tertiary/aromatic N) is 3. The lowest BCUT2D eigenvalue weighted by molar-refractivity contribution is 0.117. The fourth-order valence-corrected chi connectivity index (χ4v) is 4.83. The van der Waals surface area contributed by atoms with Crippen LogP contribution in [0, 0.1) is 0 Å². The van der Waals surface area contributed by atoms with Gasteiger partial charge in [-0.3, -0.25) is 0 Å². The highest BCUT2D eigenvalue weighted by molar-refractivity contribution is 5.79. The second kappa shape index (κ2) is 4.93. The van der Waals surface area contributed by atoms with Crippen molar-refractivity contribution in [2.75, 3.05) is 27.2 Å². The zero-order valence-corrected chi connectivity index (χ0v) is 14.4. The van der Waals surface area contributed by atoms with Gasteiger partial charge in [-0.25, -0.2) is 4.99 Å². The fourth-order valence-electron chi connectivity index (χ4n) is 4.83. The van der Waals surface area contributed by atoms with Crippen LogP contribution in [0.5, 0.6) is 0 Å². The predicted molar refractivity (Wildman–Crippen MR) is 96.7 cm³/mol. The summed E-state index contributed by atoms with van der Waals surface area (Å²) in [7, 11) is 4.53. The van der Waals surface area contributed by atoms with Crippen molar-refractivity contribution in [1.29, 1.82) is 0 Å². The molecule has 1 spiro atoms. The van der Waals surface area contributed by atoms with Crippen molar-refractivity contribution < 1.29 is 0 Å². The van der Waals surface area contributed by atoms with E-state index in [0.29, 0.717) is 0 Å². The van der Waals surface area contributed by atoms with Gasteiger partial charge < -0.3 is 9.80 Å². The third-order valence-electron chi connectivity index (χ3n) is 6.23. The lowest BCUT2D eigenvalue weighted by Crippen LogP contribution is -2.57. The molecule has 1 fully saturated rings. The Balaban J connectivity index is 1.85. The highest BCUT2D eigenvalue weighted by Gasteiger charge is 2.48. The van der Waals surface area contributed by atoms with Crippen LogP contribution in [0.2, 0.25) is 0 Å². The largest absolute Gasteiger partial charge is 0.364 e. The lowest BCUT2D eigenvalue weighted by atomic mass is 9.72. The van der Waals surface area contributed by atoms with Crippen LogP contribution in [0.25, 0.3) is 5.57 Å². The summed E-state index contributed by atoms with van der Waals surface area (Å²) in [5.41, 5.74) is 5.59. The molecule has 3 heteroatoms. The maximum atomic E-state index is 5.09. The first-order chi connectivity index (χ1) is 11.7. The number of rotatable bonds is 0. The molecule has 1 aliphatic carbocycles. The Morgan fingerprint density at radius 1 is 1.08 bits per heavy atom. The molecule has 3 heterocycles. The van der Waals surface area contributed by atoms with Crippen LogP contribution in [0.1, 0.15) is 19.3 Å². The second-order valence-electron chi connectivity index (χ2n) is 7.41. The number of likely N-dealkylation sites (tertiary alicyclic amines) is 1. The summed E-state index contributed by atoms with van der Waals surface area (Å²) in [5, 5.41) is 2.50. The number of likely N-dealkylation sites (N-methyl/N-ethyl adjacent to an activating group) is 1. The minimum absolute atomic E-state index is 0.0818. The van der Waals surface area contributed by atoms with Crippen molar-refractivity contribution in [3.8, 4) is 0 Å². The van der Waals surface area contributed by atoms with E-state index in [2.05, 4.69) is 66.4 Å². The van der Waals surface area contributed by atoms with Crippen LogP contribution in [0.4, 0.5) is 0 Å². The first kappa shape index (κ1) is 14.2. The van der Waals surface area contributed by atoms with E-state index in [0.717, 1.165) is 37.7 Å². The molecule has 0 bridgehead atoms. The highest BCUT2D eigenvalue weighted by Crippen LogP contribution is 2.49. The van der Waals surface area contributed by atoms with Crippen molar-refractivity contribution in [2.45, 2.75) is 24.8 Å². The Morgan fingerprint density at radius 3 is 2.71 bits per heavy atom. The first-order valence-electron chi connectivity index (χ1n) is 8.92. The molecule has 3 nitrogen and oxygen atoms in total. The Kier molecular flexibility index (Phi) is 2.93. The van der Waals surface area contributed by atoms with Crippen molar-refractivity contribution in [3.05, 3.63) is 70.0 Å². The van der Waals surface area contributed by atoms with E-state index < -0.39 is 0 Å². The van der Waals surface area contributed by atoms with Gasteiger partial charge in [-0.1, -0.05) is 30.4 Å². The first-order valence-corrected chi connectivity index (χ1v) is 8.92. The normalized spacial score (nSPS) is 24.5. The van der Waals surface area contributed by atoms with Crippen LogP contribution in [0.15, 0.2) is 64.5 Å².